The van der Waals surface area contributed by atoms with Gasteiger partial charge in [0.05, 0.1) is 11.0 Å². The normalized spacial score (nSPS) is 21.4. The molecule has 0 unspecified atom stereocenters. The molecule has 1 aliphatic rings. The van der Waals surface area contributed by atoms with Crippen molar-refractivity contribution in [1.29, 1.82) is 0 Å². The molecule has 2 aromatic rings. The number of H-pyrrole nitrogens is 1. The fraction of sp³-hybridized carbons (Fsp3) is 0.600. The molecule has 0 radical (unpaired) electrons. The fourth-order valence-corrected chi connectivity index (χ4v) is 3.48. The van der Waals surface area contributed by atoms with Gasteiger partial charge in [0.2, 0.25) is 0 Å². The van der Waals surface area contributed by atoms with Crippen molar-refractivity contribution in [3.8, 4) is 0 Å². The van der Waals surface area contributed by atoms with Crippen LogP contribution in [-0.4, -0.2) is 35.1 Å². The number of aryl methyl sites for hydroxylation is 1. The Morgan fingerprint density at radius 2 is 2.04 bits per heavy atom. The molecular formula is C20H31N5. The van der Waals surface area contributed by atoms with E-state index in [0.717, 1.165) is 54.7 Å². The number of aromatic amines is 1. The molecule has 0 bridgehead atoms. The first-order chi connectivity index (χ1) is 12.2. The number of imidazole rings is 1. The summed E-state index contributed by atoms with van der Waals surface area (Å²) in [6.45, 7) is 6.19. The van der Waals surface area contributed by atoms with Crippen LogP contribution in [0, 0.1) is 5.92 Å². The largest absolute Gasteiger partial charge is 0.357 e. The lowest BCUT2D eigenvalue weighted by Gasteiger charge is -2.28. The summed E-state index contributed by atoms with van der Waals surface area (Å²) in [6.07, 6.45) is 7.08. The molecule has 1 fully saturated rings. The lowest BCUT2D eigenvalue weighted by molar-refractivity contribution is 0.329. The van der Waals surface area contributed by atoms with Crippen molar-refractivity contribution in [2.24, 2.45) is 10.9 Å². The zero-order valence-corrected chi connectivity index (χ0v) is 15.5. The quantitative estimate of drug-likeness (QED) is 0.427. The van der Waals surface area contributed by atoms with Crippen LogP contribution in [-0.2, 0) is 6.42 Å². The summed E-state index contributed by atoms with van der Waals surface area (Å²) in [7, 11) is 0. The highest BCUT2D eigenvalue weighted by Gasteiger charge is 2.18. The maximum Gasteiger partial charge on any atom is 0.191 e. The second kappa shape index (κ2) is 8.88. The number of benzene rings is 1. The maximum absolute atomic E-state index is 4.75. The number of para-hydroxylation sites is 2. The van der Waals surface area contributed by atoms with Gasteiger partial charge in [0, 0.05) is 25.6 Å². The van der Waals surface area contributed by atoms with E-state index in [0.29, 0.717) is 6.04 Å². The molecule has 0 amide bonds. The van der Waals surface area contributed by atoms with E-state index >= 15 is 0 Å². The van der Waals surface area contributed by atoms with Crippen molar-refractivity contribution in [3.63, 3.8) is 0 Å². The molecule has 3 rings (SSSR count). The molecule has 1 aromatic carbocycles. The SMILES string of the molecule is CCNC(=NCCCc1nc2ccccc2[nH]1)NC1CCC(C)CC1. The summed E-state index contributed by atoms with van der Waals surface area (Å²) in [5, 5.41) is 6.99. The minimum Gasteiger partial charge on any atom is -0.357 e. The molecule has 25 heavy (non-hydrogen) atoms. The number of fused-ring (bicyclic) bond motifs is 1. The number of hydrogen-bond donors (Lipinski definition) is 3. The summed E-state index contributed by atoms with van der Waals surface area (Å²) >= 11 is 0. The van der Waals surface area contributed by atoms with Crippen LogP contribution in [0.1, 0.15) is 51.8 Å². The number of rotatable bonds is 6. The Labute approximate surface area is 150 Å². The van der Waals surface area contributed by atoms with Gasteiger partial charge in [0.15, 0.2) is 5.96 Å². The predicted octanol–water partition coefficient (Wildman–Crippen LogP) is 3.63. The van der Waals surface area contributed by atoms with Crippen molar-refractivity contribution in [1.82, 2.24) is 20.6 Å². The molecule has 3 N–H and O–H groups in total. The van der Waals surface area contributed by atoms with Gasteiger partial charge in [-0.2, -0.15) is 0 Å². The number of aromatic nitrogens is 2. The number of nitrogens with zero attached hydrogens (tertiary/aromatic N) is 2. The topological polar surface area (TPSA) is 65.1 Å². The van der Waals surface area contributed by atoms with Crippen molar-refractivity contribution < 1.29 is 0 Å². The highest BCUT2D eigenvalue weighted by Crippen LogP contribution is 2.23. The van der Waals surface area contributed by atoms with Crippen LogP contribution in [0.5, 0.6) is 0 Å². The molecule has 5 nitrogen and oxygen atoms in total. The van der Waals surface area contributed by atoms with E-state index in [1.54, 1.807) is 0 Å². The Balaban J connectivity index is 1.47. The van der Waals surface area contributed by atoms with Crippen molar-refractivity contribution >= 4 is 17.0 Å². The number of hydrogen-bond acceptors (Lipinski definition) is 2. The van der Waals surface area contributed by atoms with Gasteiger partial charge in [-0.3, -0.25) is 4.99 Å². The standard InChI is InChI=1S/C20H31N5/c1-3-21-20(23-16-12-10-15(2)11-13-16)22-14-6-9-19-24-17-7-4-5-8-18(17)25-19/h4-5,7-8,15-16H,3,6,9-14H2,1-2H3,(H,24,25)(H2,21,22,23). The van der Waals surface area contributed by atoms with Gasteiger partial charge in [0.25, 0.3) is 0 Å². The van der Waals surface area contributed by atoms with E-state index in [9.17, 15) is 0 Å². The molecule has 1 heterocycles. The van der Waals surface area contributed by atoms with E-state index in [2.05, 4.69) is 40.5 Å². The summed E-state index contributed by atoms with van der Waals surface area (Å²) in [6, 6.07) is 8.75. The highest BCUT2D eigenvalue weighted by molar-refractivity contribution is 5.80. The zero-order valence-electron chi connectivity index (χ0n) is 15.5. The van der Waals surface area contributed by atoms with Crippen LogP contribution < -0.4 is 10.6 Å². The first-order valence-electron chi connectivity index (χ1n) is 9.73. The molecular weight excluding hydrogens is 310 g/mol. The zero-order chi connectivity index (χ0) is 17.5. The monoisotopic (exact) mass is 341 g/mol. The first kappa shape index (κ1) is 17.8. The van der Waals surface area contributed by atoms with Crippen LogP contribution in [0.2, 0.25) is 0 Å². The molecule has 1 saturated carbocycles. The van der Waals surface area contributed by atoms with Gasteiger partial charge >= 0.3 is 0 Å². The van der Waals surface area contributed by atoms with E-state index in [1.807, 2.05) is 18.2 Å². The number of guanidine groups is 1. The van der Waals surface area contributed by atoms with E-state index in [1.165, 1.54) is 25.7 Å². The molecule has 136 valence electrons. The minimum atomic E-state index is 0.573. The van der Waals surface area contributed by atoms with Crippen LogP contribution in [0.4, 0.5) is 0 Å². The lowest BCUT2D eigenvalue weighted by Crippen LogP contribution is -2.44. The Hall–Kier alpha value is -2.04. The number of nitrogens with one attached hydrogen (secondary N) is 3. The van der Waals surface area contributed by atoms with Gasteiger partial charge in [0.1, 0.15) is 5.82 Å². The Morgan fingerprint density at radius 1 is 1.24 bits per heavy atom. The number of aliphatic imine (C=N–C) groups is 1. The fourth-order valence-electron chi connectivity index (χ4n) is 3.48. The summed E-state index contributed by atoms with van der Waals surface area (Å²) < 4.78 is 0. The van der Waals surface area contributed by atoms with Crippen molar-refractivity contribution in [2.45, 2.75) is 58.4 Å². The maximum atomic E-state index is 4.75. The van der Waals surface area contributed by atoms with E-state index in [-0.39, 0.29) is 0 Å². The molecule has 5 heteroatoms. The Bertz CT molecular complexity index is 649. The van der Waals surface area contributed by atoms with Crippen LogP contribution in [0.25, 0.3) is 11.0 Å². The van der Waals surface area contributed by atoms with Crippen LogP contribution in [0.15, 0.2) is 29.3 Å². The molecule has 1 aromatic heterocycles. The summed E-state index contributed by atoms with van der Waals surface area (Å²) in [5.41, 5.74) is 2.16. The second-order valence-electron chi connectivity index (χ2n) is 7.17. The third kappa shape index (κ3) is 5.21. The first-order valence-corrected chi connectivity index (χ1v) is 9.73. The lowest BCUT2D eigenvalue weighted by atomic mass is 9.87. The average Bonchev–Trinajstić information content (AvgIpc) is 3.03. The van der Waals surface area contributed by atoms with Crippen molar-refractivity contribution in [2.75, 3.05) is 13.1 Å². The molecule has 0 spiro atoms. The summed E-state index contributed by atoms with van der Waals surface area (Å²) in [5.74, 6) is 2.89. The van der Waals surface area contributed by atoms with Gasteiger partial charge < -0.3 is 15.6 Å². The van der Waals surface area contributed by atoms with Crippen LogP contribution >= 0.6 is 0 Å². The van der Waals surface area contributed by atoms with Gasteiger partial charge in [-0.05, 0) is 57.1 Å². The third-order valence-corrected chi connectivity index (χ3v) is 4.98. The smallest absolute Gasteiger partial charge is 0.191 e. The van der Waals surface area contributed by atoms with Gasteiger partial charge in [-0.25, -0.2) is 4.98 Å². The minimum absolute atomic E-state index is 0.573. The summed E-state index contributed by atoms with van der Waals surface area (Å²) in [4.78, 5) is 12.8. The molecule has 0 saturated heterocycles. The average molecular weight is 342 g/mol. The van der Waals surface area contributed by atoms with Crippen LogP contribution in [0.3, 0.4) is 0 Å². The molecule has 1 aliphatic carbocycles. The second-order valence-corrected chi connectivity index (χ2v) is 7.17. The third-order valence-electron chi connectivity index (χ3n) is 4.98. The van der Waals surface area contributed by atoms with Crippen molar-refractivity contribution in [3.05, 3.63) is 30.1 Å². The Kier molecular flexibility index (Phi) is 6.31. The van der Waals surface area contributed by atoms with Gasteiger partial charge in [-0.1, -0.05) is 19.1 Å². The molecule has 0 atom stereocenters. The molecule has 0 aliphatic heterocycles. The van der Waals surface area contributed by atoms with E-state index < -0.39 is 0 Å². The highest BCUT2D eigenvalue weighted by atomic mass is 15.2. The van der Waals surface area contributed by atoms with E-state index in [4.69, 9.17) is 4.99 Å². The van der Waals surface area contributed by atoms with Gasteiger partial charge in [-0.15, -0.1) is 0 Å². The Morgan fingerprint density at radius 3 is 2.80 bits per heavy atom. The predicted molar refractivity (Wildman–Crippen MR) is 105 cm³/mol.